The van der Waals surface area contributed by atoms with Gasteiger partial charge in [0.2, 0.25) is 5.91 Å². The Labute approximate surface area is 169 Å². The second-order valence-corrected chi connectivity index (χ2v) is 6.68. The van der Waals surface area contributed by atoms with Crippen molar-refractivity contribution in [2.45, 2.75) is 12.5 Å². The Hall–Kier alpha value is -3.55. The molecule has 2 aromatic carbocycles. The van der Waals surface area contributed by atoms with Crippen LogP contribution in [0.3, 0.4) is 0 Å². The molecule has 152 valence electrons. The summed E-state index contributed by atoms with van der Waals surface area (Å²) in [4.78, 5) is 39.7. The van der Waals surface area contributed by atoms with Crippen molar-refractivity contribution in [1.29, 1.82) is 0 Å². The highest BCUT2D eigenvalue weighted by molar-refractivity contribution is 5.91. The number of methoxy groups -OCH3 is 1. The largest absolute Gasteiger partial charge is 0.452 e. The molecular formula is C21H24N4O4. The van der Waals surface area contributed by atoms with Gasteiger partial charge in [0.15, 0.2) is 0 Å². The number of benzene rings is 2. The molecule has 1 saturated heterocycles. The van der Waals surface area contributed by atoms with Gasteiger partial charge < -0.3 is 20.3 Å². The fourth-order valence-electron chi connectivity index (χ4n) is 3.25. The highest BCUT2D eigenvalue weighted by Crippen LogP contribution is 2.27. The lowest BCUT2D eigenvalue weighted by atomic mass is 10.0. The van der Waals surface area contributed by atoms with Crippen LogP contribution >= 0.6 is 0 Å². The monoisotopic (exact) mass is 396 g/mol. The number of carbonyl (C=O) groups excluding carboxylic acids is 3. The molecule has 2 N–H and O–H groups in total. The Morgan fingerprint density at radius 2 is 1.83 bits per heavy atom. The van der Waals surface area contributed by atoms with Crippen molar-refractivity contribution >= 4 is 29.4 Å². The second kappa shape index (κ2) is 9.09. The van der Waals surface area contributed by atoms with E-state index in [1.807, 2.05) is 30.3 Å². The first-order valence-electron chi connectivity index (χ1n) is 9.30. The Morgan fingerprint density at radius 1 is 1.14 bits per heavy atom. The summed E-state index contributed by atoms with van der Waals surface area (Å²) in [5.41, 5.74) is 2.14. The summed E-state index contributed by atoms with van der Waals surface area (Å²) in [5, 5.41) is 5.70. The lowest BCUT2D eigenvalue weighted by Gasteiger charge is -2.29. The molecule has 29 heavy (non-hydrogen) atoms. The Morgan fingerprint density at radius 3 is 2.48 bits per heavy atom. The molecule has 0 spiro atoms. The Kier molecular flexibility index (Phi) is 6.33. The van der Waals surface area contributed by atoms with Crippen molar-refractivity contribution < 1.29 is 19.1 Å². The molecule has 8 nitrogen and oxygen atoms in total. The zero-order valence-electron chi connectivity index (χ0n) is 16.4. The van der Waals surface area contributed by atoms with Gasteiger partial charge in [0.05, 0.1) is 19.6 Å². The molecule has 1 aliphatic rings. The maximum atomic E-state index is 13.0. The van der Waals surface area contributed by atoms with Crippen molar-refractivity contribution in [3.8, 4) is 0 Å². The van der Waals surface area contributed by atoms with Gasteiger partial charge in [0.25, 0.3) is 0 Å². The normalized spacial score (nSPS) is 16.4. The van der Waals surface area contributed by atoms with Gasteiger partial charge in [-0.1, -0.05) is 30.3 Å². The summed E-state index contributed by atoms with van der Waals surface area (Å²) in [6, 6.07) is 15.8. The fraction of sp³-hybridized carbons (Fsp3) is 0.286. The number of carbonyl (C=O) groups is 3. The number of nitrogens with zero attached hydrogens (tertiary/aromatic N) is 2. The van der Waals surface area contributed by atoms with E-state index in [2.05, 4.69) is 10.6 Å². The Balaban J connectivity index is 1.75. The van der Waals surface area contributed by atoms with E-state index >= 15 is 0 Å². The lowest BCUT2D eigenvalue weighted by molar-refractivity contribution is -0.121. The summed E-state index contributed by atoms with van der Waals surface area (Å²) >= 11 is 0. The van der Waals surface area contributed by atoms with E-state index in [1.165, 1.54) is 12.0 Å². The standard InChI is InChI=1S/C21H24N4O4/c1-24(21(28)29-2)17-10-8-16(9-11-17)23-20(27)25-13-12-22-19(26)14-18(25)15-6-4-3-5-7-15/h3-11,18H,12-14H2,1-2H3,(H,22,26)(H,23,27). The molecule has 0 radical (unpaired) electrons. The van der Waals surface area contributed by atoms with Crippen LogP contribution in [0.15, 0.2) is 54.6 Å². The zero-order chi connectivity index (χ0) is 20.8. The first kappa shape index (κ1) is 20.2. The summed E-state index contributed by atoms with van der Waals surface area (Å²) in [6.07, 6.45) is -0.269. The topological polar surface area (TPSA) is 91.0 Å². The number of amides is 4. The van der Waals surface area contributed by atoms with Gasteiger partial charge in [-0.3, -0.25) is 9.69 Å². The Bertz CT molecular complexity index is 870. The third-order valence-corrected chi connectivity index (χ3v) is 4.83. The quantitative estimate of drug-likeness (QED) is 0.834. The number of ether oxygens (including phenoxy) is 1. The first-order valence-corrected chi connectivity index (χ1v) is 9.30. The predicted octanol–water partition coefficient (Wildman–Crippen LogP) is 2.98. The zero-order valence-corrected chi connectivity index (χ0v) is 16.4. The fourth-order valence-corrected chi connectivity index (χ4v) is 3.25. The molecule has 4 amide bonds. The van der Waals surface area contributed by atoms with Crippen LogP contribution < -0.4 is 15.5 Å². The van der Waals surface area contributed by atoms with Crippen LogP contribution in [0.1, 0.15) is 18.0 Å². The minimum Gasteiger partial charge on any atom is -0.452 e. The minimum atomic E-state index is -0.478. The van der Waals surface area contributed by atoms with Crippen LogP contribution in [0.2, 0.25) is 0 Å². The van der Waals surface area contributed by atoms with E-state index < -0.39 is 6.09 Å². The van der Waals surface area contributed by atoms with E-state index in [4.69, 9.17) is 4.74 Å². The van der Waals surface area contributed by atoms with Crippen LogP contribution in [0, 0.1) is 0 Å². The smallest absolute Gasteiger partial charge is 0.413 e. The minimum absolute atomic E-state index is 0.0793. The highest BCUT2D eigenvalue weighted by Gasteiger charge is 2.29. The number of nitrogens with one attached hydrogen (secondary N) is 2. The highest BCUT2D eigenvalue weighted by atomic mass is 16.5. The number of hydrogen-bond acceptors (Lipinski definition) is 4. The van der Waals surface area contributed by atoms with E-state index in [-0.39, 0.29) is 24.4 Å². The number of anilines is 2. The van der Waals surface area contributed by atoms with Crippen molar-refractivity contribution in [3.05, 3.63) is 60.2 Å². The molecule has 0 aromatic heterocycles. The van der Waals surface area contributed by atoms with Crippen LogP contribution in [-0.2, 0) is 9.53 Å². The van der Waals surface area contributed by atoms with Gasteiger partial charge >= 0.3 is 12.1 Å². The van der Waals surface area contributed by atoms with Crippen LogP contribution in [-0.4, -0.2) is 50.2 Å². The first-order chi connectivity index (χ1) is 14.0. The van der Waals surface area contributed by atoms with Gasteiger partial charge in [-0.15, -0.1) is 0 Å². The molecule has 2 aromatic rings. The van der Waals surface area contributed by atoms with E-state index in [1.54, 1.807) is 36.2 Å². The van der Waals surface area contributed by atoms with E-state index in [0.29, 0.717) is 24.5 Å². The summed E-state index contributed by atoms with van der Waals surface area (Å²) < 4.78 is 4.69. The predicted molar refractivity (Wildman–Crippen MR) is 110 cm³/mol. The molecule has 1 heterocycles. The maximum Gasteiger partial charge on any atom is 0.413 e. The molecule has 0 saturated carbocycles. The third-order valence-electron chi connectivity index (χ3n) is 4.83. The molecule has 1 unspecified atom stereocenters. The molecule has 3 rings (SSSR count). The van der Waals surface area contributed by atoms with Crippen molar-refractivity contribution in [2.75, 3.05) is 37.5 Å². The van der Waals surface area contributed by atoms with Crippen molar-refractivity contribution in [3.63, 3.8) is 0 Å². The van der Waals surface area contributed by atoms with E-state index in [9.17, 15) is 14.4 Å². The van der Waals surface area contributed by atoms with E-state index in [0.717, 1.165) is 5.56 Å². The second-order valence-electron chi connectivity index (χ2n) is 6.68. The summed E-state index contributed by atoms with van der Waals surface area (Å²) in [7, 11) is 2.92. The van der Waals surface area contributed by atoms with Crippen molar-refractivity contribution in [2.24, 2.45) is 0 Å². The van der Waals surface area contributed by atoms with Gasteiger partial charge in [0, 0.05) is 31.5 Å². The lowest BCUT2D eigenvalue weighted by Crippen LogP contribution is -2.39. The van der Waals surface area contributed by atoms with Crippen molar-refractivity contribution in [1.82, 2.24) is 10.2 Å². The molecule has 0 bridgehead atoms. The average Bonchev–Trinajstić information content (AvgIpc) is 2.95. The van der Waals surface area contributed by atoms with Crippen LogP contribution in [0.4, 0.5) is 21.0 Å². The van der Waals surface area contributed by atoms with Gasteiger partial charge in [-0.25, -0.2) is 9.59 Å². The molecular weight excluding hydrogens is 372 g/mol. The van der Waals surface area contributed by atoms with Gasteiger partial charge in [0.1, 0.15) is 0 Å². The van der Waals surface area contributed by atoms with Gasteiger partial charge in [-0.05, 0) is 29.8 Å². The molecule has 1 atom stereocenters. The molecule has 8 heteroatoms. The third kappa shape index (κ3) is 4.84. The summed E-state index contributed by atoms with van der Waals surface area (Å²) in [6.45, 7) is 0.804. The number of hydrogen-bond donors (Lipinski definition) is 2. The molecule has 1 fully saturated rings. The van der Waals surface area contributed by atoms with Crippen LogP contribution in [0.25, 0.3) is 0 Å². The number of rotatable bonds is 3. The average molecular weight is 396 g/mol. The maximum absolute atomic E-state index is 13.0. The van der Waals surface area contributed by atoms with Gasteiger partial charge in [-0.2, -0.15) is 0 Å². The number of urea groups is 1. The molecule has 0 aliphatic carbocycles. The molecule has 1 aliphatic heterocycles. The van der Waals surface area contributed by atoms with Crippen LogP contribution in [0.5, 0.6) is 0 Å². The SMILES string of the molecule is COC(=O)N(C)c1ccc(NC(=O)N2CCNC(=O)CC2c2ccccc2)cc1. The summed E-state index contributed by atoms with van der Waals surface area (Å²) in [5.74, 6) is -0.0793.